The Morgan fingerprint density at radius 3 is 2.72 bits per heavy atom. The molecule has 1 saturated carbocycles. The van der Waals surface area contributed by atoms with Crippen molar-refractivity contribution in [3.8, 4) is 11.8 Å². The van der Waals surface area contributed by atoms with Gasteiger partial charge in [-0.05, 0) is 50.8 Å². The molecule has 3 N–H and O–H groups in total. The molecule has 1 fully saturated rings. The van der Waals surface area contributed by atoms with Gasteiger partial charge >= 0.3 is 0 Å². The second-order valence-electron chi connectivity index (χ2n) is 7.57. The van der Waals surface area contributed by atoms with Crippen LogP contribution in [-0.4, -0.2) is 41.4 Å². The largest absolute Gasteiger partial charge is 0.495 e. The van der Waals surface area contributed by atoms with Crippen molar-refractivity contribution in [2.45, 2.75) is 25.3 Å². The first-order valence-corrected chi connectivity index (χ1v) is 12.1. The van der Waals surface area contributed by atoms with Gasteiger partial charge in [0.15, 0.2) is 0 Å². The molecule has 3 aromatic rings. The minimum absolute atomic E-state index is 0.361. The Balaban J connectivity index is 1.73. The molecule has 9 heteroatoms. The van der Waals surface area contributed by atoms with Gasteiger partial charge in [-0.2, -0.15) is 15.2 Å². The number of methoxy groups -OCH3 is 1. The Morgan fingerprint density at radius 1 is 1.31 bits per heavy atom. The van der Waals surface area contributed by atoms with E-state index >= 15 is 0 Å². The van der Waals surface area contributed by atoms with Crippen LogP contribution in [0.5, 0.6) is 5.75 Å². The van der Waals surface area contributed by atoms with Crippen LogP contribution in [0.3, 0.4) is 0 Å². The number of hydrogen-bond donors (Lipinski definition) is 3. The molecule has 0 radical (unpaired) electrons. The highest BCUT2D eigenvalue weighted by Gasteiger charge is 2.22. The fourth-order valence-electron chi connectivity index (χ4n) is 3.27. The summed E-state index contributed by atoms with van der Waals surface area (Å²) in [5.74, 6) is 1.59. The van der Waals surface area contributed by atoms with Gasteiger partial charge in [0.05, 0.1) is 23.7 Å². The third kappa shape index (κ3) is 3.79. The number of aromatic nitrogens is 3. The standard InChI is InChI=1S/C20H23N6O2P/c1-28-16-9-14(29(2,3)27)7-8-15(16)24-20-25-18-17(12(10-21)11-22-18)19(26-20)23-13-5-4-6-13/h7-9,11,13H,4-6H2,1-3H3,(H3,22,23,24,25,26). The molecule has 8 nitrogen and oxygen atoms in total. The second-order valence-corrected chi connectivity index (χ2v) is 10.8. The average Bonchev–Trinajstić information content (AvgIpc) is 3.07. The van der Waals surface area contributed by atoms with E-state index in [-0.39, 0.29) is 0 Å². The first kappa shape index (κ1) is 19.3. The lowest BCUT2D eigenvalue weighted by Gasteiger charge is -2.27. The first-order valence-electron chi connectivity index (χ1n) is 9.45. The fraction of sp³-hybridized carbons (Fsp3) is 0.350. The lowest BCUT2D eigenvalue weighted by atomic mass is 9.93. The molecule has 1 aliphatic rings. The average molecular weight is 410 g/mol. The molecule has 0 unspecified atom stereocenters. The Kier molecular flexibility index (Phi) is 4.93. The number of nitrogens with one attached hydrogen (secondary N) is 3. The van der Waals surface area contributed by atoms with E-state index < -0.39 is 7.14 Å². The quantitative estimate of drug-likeness (QED) is 0.530. The second kappa shape index (κ2) is 7.41. The molecule has 1 aromatic carbocycles. The molecule has 2 heterocycles. The van der Waals surface area contributed by atoms with E-state index in [2.05, 4.69) is 31.7 Å². The van der Waals surface area contributed by atoms with Crippen molar-refractivity contribution in [1.29, 1.82) is 5.26 Å². The number of rotatable bonds is 6. The number of fused-ring (bicyclic) bond motifs is 1. The van der Waals surface area contributed by atoms with Crippen LogP contribution in [0, 0.1) is 11.3 Å². The SMILES string of the molecule is COc1cc(P(C)(C)=O)ccc1Nc1nc(NC2CCC2)c2c(C#N)c[nH]c2n1. The summed E-state index contributed by atoms with van der Waals surface area (Å²) in [6.07, 6.45) is 5.01. The summed E-state index contributed by atoms with van der Waals surface area (Å²) in [5.41, 5.74) is 1.77. The van der Waals surface area contributed by atoms with Crippen LogP contribution in [0.1, 0.15) is 24.8 Å². The predicted molar refractivity (Wildman–Crippen MR) is 115 cm³/mol. The molecule has 0 amide bonds. The number of nitrogens with zero attached hydrogens (tertiary/aromatic N) is 3. The van der Waals surface area contributed by atoms with Crippen LogP contribution in [0.25, 0.3) is 11.0 Å². The summed E-state index contributed by atoms with van der Waals surface area (Å²) in [6, 6.07) is 7.96. The number of ether oxygens (including phenoxy) is 1. The third-order valence-corrected chi connectivity index (χ3v) is 6.67. The van der Waals surface area contributed by atoms with Gasteiger partial charge in [0.1, 0.15) is 30.4 Å². The zero-order chi connectivity index (χ0) is 20.6. The molecule has 0 bridgehead atoms. The lowest BCUT2D eigenvalue weighted by Crippen LogP contribution is -2.27. The number of anilines is 3. The fourth-order valence-corrected chi connectivity index (χ4v) is 4.13. The van der Waals surface area contributed by atoms with Gasteiger partial charge < -0.3 is 24.9 Å². The summed E-state index contributed by atoms with van der Waals surface area (Å²) >= 11 is 0. The molecular weight excluding hydrogens is 387 g/mol. The smallest absolute Gasteiger partial charge is 0.231 e. The van der Waals surface area contributed by atoms with Gasteiger partial charge in [0, 0.05) is 17.5 Å². The van der Waals surface area contributed by atoms with Crippen LogP contribution in [-0.2, 0) is 4.57 Å². The summed E-state index contributed by atoms with van der Waals surface area (Å²) in [6.45, 7) is 3.45. The summed E-state index contributed by atoms with van der Waals surface area (Å²) in [7, 11) is -0.832. The zero-order valence-electron chi connectivity index (χ0n) is 16.6. The van der Waals surface area contributed by atoms with Gasteiger partial charge in [-0.15, -0.1) is 0 Å². The van der Waals surface area contributed by atoms with Crippen molar-refractivity contribution >= 4 is 40.9 Å². The van der Waals surface area contributed by atoms with Crippen molar-refractivity contribution < 1.29 is 9.30 Å². The molecule has 150 valence electrons. The first-order chi connectivity index (χ1) is 13.9. The summed E-state index contributed by atoms with van der Waals surface area (Å²) < 4.78 is 17.9. The lowest BCUT2D eigenvalue weighted by molar-refractivity contribution is 0.417. The van der Waals surface area contributed by atoms with E-state index in [1.54, 1.807) is 32.7 Å². The zero-order valence-corrected chi connectivity index (χ0v) is 17.5. The molecule has 2 aromatic heterocycles. The van der Waals surface area contributed by atoms with Gasteiger partial charge in [-0.1, -0.05) is 0 Å². The van der Waals surface area contributed by atoms with Gasteiger partial charge in [0.25, 0.3) is 0 Å². The molecular formula is C20H23N6O2P. The number of nitriles is 1. The van der Waals surface area contributed by atoms with E-state index in [1.165, 1.54) is 6.42 Å². The van der Waals surface area contributed by atoms with Crippen LogP contribution in [0.2, 0.25) is 0 Å². The monoisotopic (exact) mass is 410 g/mol. The normalized spacial score (nSPS) is 14.3. The minimum atomic E-state index is -2.40. The number of H-pyrrole nitrogens is 1. The highest BCUT2D eigenvalue weighted by atomic mass is 31.2. The molecule has 0 saturated heterocycles. The van der Waals surface area contributed by atoms with Crippen LogP contribution >= 0.6 is 7.14 Å². The van der Waals surface area contributed by atoms with E-state index in [9.17, 15) is 9.83 Å². The Bertz CT molecular complexity index is 1160. The van der Waals surface area contributed by atoms with Crippen molar-refractivity contribution in [3.63, 3.8) is 0 Å². The topological polar surface area (TPSA) is 116 Å². The Labute approximate surface area is 169 Å². The molecule has 29 heavy (non-hydrogen) atoms. The van der Waals surface area contributed by atoms with Crippen molar-refractivity contribution in [1.82, 2.24) is 15.0 Å². The van der Waals surface area contributed by atoms with Gasteiger partial charge in [0.2, 0.25) is 5.95 Å². The molecule has 0 atom stereocenters. The summed E-state index contributed by atoms with van der Waals surface area (Å²) in [4.78, 5) is 12.2. The highest BCUT2D eigenvalue weighted by molar-refractivity contribution is 7.70. The third-order valence-electron chi connectivity index (χ3n) is 5.15. The van der Waals surface area contributed by atoms with Crippen molar-refractivity contribution in [2.24, 2.45) is 0 Å². The van der Waals surface area contributed by atoms with Crippen LogP contribution in [0.4, 0.5) is 17.5 Å². The minimum Gasteiger partial charge on any atom is -0.495 e. The maximum Gasteiger partial charge on any atom is 0.231 e. The number of benzene rings is 1. The Hall–Kier alpha value is -3.04. The maximum absolute atomic E-state index is 12.4. The van der Waals surface area contributed by atoms with E-state index in [4.69, 9.17) is 4.74 Å². The molecule has 4 rings (SSSR count). The van der Waals surface area contributed by atoms with Gasteiger partial charge in [-0.25, -0.2) is 0 Å². The van der Waals surface area contributed by atoms with Crippen LogP contribution in [0.15, 0.2) is 24.4 Å². The molecule has 0 aliphatic heterocycles. The summed E-state index contributed by atoms with van der Waals surface area (Å²) in [5, 5.41) is 17.5. The highest BCUT2D eigenvalue weighted by Crippen LogP contribution is 2.38. The molecule has 1 aliphatic carbocycles. The van der Waals surface area contributed by atoms with Gasteiger partial charge in [-0.3, -0.25) is 0 Å². The predicted octanol–water partition coefficient (Wildman–Crippen LogP) is 3.79. The number of aromatic amines is 1. The van der Waals surface area contributed by atoms with E-state index in [0.29, 0.717) is 45.8 Å². The van der Waals surface area contributed by atoms with Crippen molar-refractivity contribution in [2.75, 3.05) is 31.1 Å². The van der Waals surface area contributed by atoms with Crippen molar-refractivity contribution in [3.05, 3.63) is 30.0 Å². The maximum atomic E-state index is 12.4. The number of hydrogen-bond acceptors (Lipinski definition) is 7. The molecule has 0 spiro atoms. The van der Waals surface area contributed by atoms with Crippen LogP contribution < -0.4 is 20.7 Å². The van der Waals surface area contributed by atoms with E-state index in [0.717, 1.165) is 18.1 Å². The van der Waals surface area contributed by atoms with E-state index in [1.807, 2.05) is 12.1 Å². The Morgan fingerprint density at radius 2 is 2.10 bits per heavy atom.